The van der Waals surface area contributed by atoms with Gasteiger partial charge in [0.2, 0.25) is 0 Å². The van der Waals surface area contributed by atoms with Gasteiger partial charge in [-0.05, 0) is 92.3 Å². The van der Waals surface area contributed by atoms with Crippen LogP contribution < -0.4 is 0 Å². The first-order valence-electron chi connectivity index (χ1n) is 17.8. The van der Waals surface area contributed by atoms with Crippen LogP contribution in [0.2, 0.25) is 0 Å². The number of allylic oxidation sites excluding steroid dienone is 1. The van der Waals surface area contributed by atoms with Gasteiger partial charge in [0, 0.05) is 11.3 Å². The van der Waals surface area contributed by atoms with Gasteiger partial charge in [0.25, 0.3) is 0 Å². The molecule has 2 bridgehead atoms. The zero-order valence-electron chi connectivity index (χ0n) is 28.5. The Bertz CT molecular complexity index is 1310. The average Bonchev–Trinajstić information content (AvgIpc) is 3.50. The Morgan fingerprint density at radius 3 is 2.37 bits per heavy atom. The molecule has 1 unspecified atom stereocenters. The molecule has 0 radical (unpaired) electrons. The van der Waals surface area contributed by atoms with Crippen LogP contribution >= 0.6 is 0 Å². The minimum absolute atomic E-state index is 0.00777. The first kappa shape index (κ1) is 32.5. The molecule has 0 aromatic rings. The summed E-state index contributed by atoms with van der Waals surface area (Å²) in [5, 5.41) is 64.8. The van der Waals surface area contributed by atoms with Gasteiger partial charge in [-0.15, -0.1) is 0 Å². The summed E-state index contributed by atoms with van der Waals surface area (Å²) in [5.74, 6) is -0.548. The van der Waals surface area contributed by atoms with Gasteiger partial charge in [-0.25, -0.2) is 0 Å². The summed E-state index contributed by atoms with van der Waals surface area (Å²) < 4.78 is 25.8. The number of ether oxygens (including phenoxy) is 4. The summed E-state index contributed by atoms with van der Waals surface area (Å²) >= 11 is 0. The molecular formula is C36H56O10. The maximum Gasteiger partial charge on any atom is 0.199 e. The number of rotatable bonds is 4. The van der Waals surface area contributed by atoms with E-state index in [-0.39, 0.29) is 45.7 Å². The number of hydrogen-bond donors (Lipinski definition) is 6. The van der Waals surface area contributed by atoms with E-state index in [2.05, 4.69) is 40.7 Å². The second kappa shape index (κ2) is 9.56. The highest BCUT2D eigenvalue weighted by Crippen LogP contribution is 2.89. The monoisotopic (exact) mass is 648 g/mol. The quantitative estimate of drug-likeness (QED) is 0.250. The predicted octanol–water partition coefficient (Wildman–Crippen LogP) is 2.40. The van der Waals surface area contributed by atoms with E-state index in [1.807, 2.05) is 0 Å². The molecular weight excluding hydrogens is 592 g/mol. The van der Waals surface area contributed by atoms with Crippen LogP contribution in [0, 0.1) is 44.8 Å². The molecule has 260 valence electrons. The molecule has 46 heavy (non-hydrogen) atoms. The van der Waals surface area contributed by atoms with Crippen LogP contribution in [-0.2, 0) is 18.9 Å². The Balaban J connectivity index is 1.12. The minimum atomic E-state index is -1.47. The van der Waals surface area contributed by atoms with Gasteiger partial charge >= 0.3 is 0 Å². The third kappa shape index (κ3) is 3.58. The topological polar surface area (TPSA) is 158 Å². The smallest absolute Gasteiger partial charge is 0.199 e. The number of hydrogen-bond acceptors (Lipinski definition) is 10. The largest absolute Gasteiger partial charge is 0.394 e. The van der Waals surface area contributed by atoms with Gasteiger partial charge in [0.05, 0.1) is 24.4 Å². The van der Waals surface area contributed by atoms with E-state index in [4.69, 9.17) is 18.9 Å². The maximum atomic E-state index is 12.6. The lowest BCUT2D eigenvalue weighted by Gasteiger charge is -2.60. The van der Waals surface area contributed by atoms with Gasteiger partial charge in [-0.1, -0.05) is 46.3 Å². The van der Waals surface area contributed by atoms with Crippen LogP contribution in [0.1, 0.15) is 93.4 Å². The molecule has 3 heterocycles. The maximum absolute atomic E-state index is 12.6. The van der Waals surface area contributed by atoms with Crippen LogP contribution in [0.25, 0.3) is 0 Å². The molecule has 0 aromatic heterocycles. The van der Waals surface area contributed by atoms with E-state index in [1.165, 1.54) is 5.57 Å². The van der Waals surface area contributed by atoms with E-state index in [0.717, 1.165) is 44.9 Å². The summed E-state index contributed by atoms with van der Waals surface area (Å²) in [6, 6.07) is 0. The highest BCUT2D eigenvalue weighted by atomic mass is 16.8. The summed E-state index contributed by atoms with van der Waals surface area (Å²) in [7, 11) is 0. The molecule has 3 saturated heterocycles. The lowest BCUT2D eigenvalue weighted by molar-refractivity contribution is -0.325. The molecule has 8 rings (SSSR count). The fourth-order valence-electron chi connectivity index (χ4n) is 13.4. The normalized spacial score (nSPS) is 59.9. The van der Waals surface area contributed by atoms with Crippen molar-refractivity contribution in [3.8, 4) is 0 Å². The molecule has 6 N–H and O–H groups in total. The van der Waals surface area contributed by atoms with Crippen molar-refractivity contribution in [3.63, 3.8) is 0 Å². The molecule has 10 nitrogen and oxygen atoms in total. The van der Waals surface area contributed by atoms with Gasteiger partial charge in [-0.2, -0.15) is 0 Å². The standard InChI is InChI=1S/C36H56O10/c1-17-14-18-27(31(4,5)42)46-36(45-18)26(17)32(6)12-13-35-16-34(35)11-10-22(44-28-25(40)24(39)23(38)19(15-37)43-28)30(2,3)20(34)8-9-21(35)33(32,7)29(36)41/h9,17-20,22-29,37-42H,8,10-16H2,1-7H3/t17-,18-,19-,20?,22+,23+,24+,25-,26-,27+,28+,29-,32-,33-,34-,35+,36+/m1/s1. The van der Waals surface area contributed by atoms with Gasteiger partial charge in [-0.3, -0.25) is 0 Å². The van der Waals surface area contributed by atoms with Crippen molar-refractivity contribution in [1.82, 2.24) is 0 Å². The predicted molar refractivity (Wildman–Crippen MR) is 165 cm³/mol. The number of fused-ring (bicyclic) bond motifs is 4. The lowest BCUT2D eigenvalue weighted by atomic mass is 9.44. The zero-order chi connectivity index (χ0) is 33.2. The van der Waals surface area contributed by atoms with E-state index >= 15 is 0 Å². The molecule has 4 saturated carbocycles. The summed E-state index contributed by atoms with van der Waals surface area (Å²) in [6.45, 7) is 14.5. The fraction of sp³-hybridized carbons (Fsp3) is 0.944. The minimum Gasteiger partial charge on any atom is -0.394 e. The van der Waals surface area contributed by atoms with Gasteiger partial charge in [0.15, 0.2) is 12.1 Å². The van der Waals surface area contributed by atoms with E-state index < -0.39 is 66.3 Å². The first-order chi connectivity index (χ1) is 21.4. The van der Waals surface area contributed by atoms with E-state index in [0.29, 0.717) is 5.92 Å². The highest BCUT2D eigenvalue weighted by Gasteiger charge is 2.86. The highest BCUT2D eigenvalue weighted by molar-refractivity contribution is 5.48. The van der Waals surface area contributed by atoms with Gasteiger partial charge in [0.1, 0.15) is 36.6 Å². The van der Waals surface area contributed by atoms with Crippen LogP contribution in [-0.4, -0.2) is 104 Å². The summed E-state index contributed by atoms with van der Waals surface area (Å²) in [6.07, 6.45) is 0.592. The van der Waals surface area contributed by atoms with E-state index in [1.54, 1.807) is 13.8 Å². The third-order valence-corrected chi connectivity index (χ3v) is 15.6. The lowest BCUT2D eigenvalue weighted by Crippen LogP contribution is -2.61. The van der Waals surface area contributed by atoms with Crippen LogP contribution in [0.4, 0.5) is 0 Å². The third-order valence-electron chi connectivity index (χ3n) is 15.6. The van der Waals surface area contributed by atoms with Crippen molar-refractivity contribution < 1.29 is 49.6 Å². The molecule has 7 fully saturated rings. The van der Waals surface area contributed by atoms with Crippen molar-refractivity contribution in [2.24, 2.45) is 44.8 Å². The van der Waals surface area contributed by atoms with Crippen LogP contribution in [0.15, 0.2) is 11.6 Å². The summed E-state index contributed by atoms with van der Waals surface area (Å²) in [5.41, 5.74) is -0.713. The van der Waals surface area contributed by atoms with E-state index in [9.17, 15) is 30.6 Å². The average molecular weight is 649 g/mol. The fourth-order valence-corrected chi connectivity index (χ4v) is 13.4. The Labute approximate surface area is 272 Å². The first-order valence-corrected chi connectivity index (χ1v) is 17.8. The van der Waals surface area contributed by atoms with Crippen molar-refractivity contribution in [1.29, 1.82) is 0 Å². The Morgan fingerprint density at radius 1 is 0.978 bits per heavy atom. The molecule has 8 aliphatic rings. The molecule has 3 aliphatic heterocycles. The second-order valence-corrected chi connectivity index (χ2v) is 18.3. The van der Waals surface area contributed by atoms with Crippen molar-refractivity contribution in [3.05, 3.63) is 11.6 Å². The number of aliphatic hydroxyl groups is 6. The molecule has 0 aromatic carbocycles. The molecule has 3 spiro atoms. The van der Waals surface area contributed by atoms with Crippen LogP contribution in [0.3, 0.4) is 0 Å². The molecule has 17 atom stereocenters. The SMILES string of the molecule is C[C@@H]1C[C@H]2O[C@]3(O[C@@H]2C(C)(C)O)[C@H]1[C@@]1(C)CC[C@@]24C[C@@]25CC[C@H](O[C@@H]2O[C@H](CO)[C@H](O)[C@H](O)[C@H]2O)C(C)(C)C5CC=C4[C@]1(C)[C@H]3O. The Kier molecular flexibility index (Phi) is 6.76. The van der Waals surface area contributed by atoms with Crippen molar-refractivity contribution >= 4 is 0 Å². The van der Waals surface area contributed by atoms with Crippen LogP contribution in [0.5, 0.6) is 0 Å². The van der Waals surface area contributed by atoms with Crippen molar-refractivity contribution in [2.45, 2.75) is 160 Å². The molecule has 0 amide bonds. The second-order valence-electron chi connectivity index (χ2n) is 18.3. The number of aliphatic hydroxyl groups excluding tert-OH is 5. The Hall–Kier alpha value is -0.660. The summed E-state index contributed by atoms with van der Waals surface area (Å²) in [4.78, 5) is 0. The molecule has 10 heteroatoms. The van der Waals surface area contributed by atoms with Crippen molar-refractivity contribution in [2.75, 3.05) is 6.61 Å². The Morgan fingerprint density at radius 2 is 1.70 bits per heavy atom. The molecule has 5 aliphatic carbocycles. The van der Waals surface area contributed by atoms with Gasteiger partial charge < -0.3 is 49.6 Å². The zero-order valence-corrected chi connectivity index (χ0v) is 28.5.